The molecule has 4 nitrogen and oxygen atoms in total. The molecule has 0 saturated heterocycles. The van der Waals surface area contributed by atoms with Gasteiger partial charge in [0, 0.05) is 11.4 Å². The number of thiophene rings is 1. The number of rotatable bonds is 6. The second-order valence-corrected chi connectivity index (χ2v) is 7.04. The predicted molar refractivity (Wildman–Crippen MR) is 84.0 cm³/mol. The molecule has 1 aromatic rings. The molecule has 0 aliphatic rings. The molecule has 1 heterocycles. The average molecular weight is 298 g/mol. The van der Waals surface area contributed by atoms with Crippen molar-refractivity contribution in [2.24, 2.45) is 5.41 Å². The van der Waals surface area contributed by atoms with E-state index in [-0.39, 0.29) is 23.6 Å². The highest BCUT2D eigenvalue weighted by Crippen LogP contribution is 2.34. The van der Waals surface area contributed by atoms with E-state index in [4.69, 9.17) is 0 Å². The van der Waals surface area contributed by atoms with Crippen LogP contribution in [0.5, 0.6) is 0 Å². The van der Waals surface area contributed by atoms with Crippen LogP contribution in [0.1, 0.15) is 51.5 Å². The van der Waals surface area contributed by atoms with Crippen LogP contribution < -0.4 is 10.6 Å². The summed E-state index contributed by atoms with van der Waals surface area (Å²) in [4.78, 5) is 13.1. The Morgan fingerprint density at radius 3 is 2.65 bits per heavy atom. The topological polar surface area (TPSA) is 61.4 Å². The fourth-order valence-corrected chi connectivity index (χ4v) is 2.93. The number of amides is 2. The summed E-state index contributed by atoms with van der Waals surface area (Å²) in [7, 11) is 0. The number of nitrogens with one attached hydrogen (secondary N) is 2. The Kier molecular flexibility index (Phi) is 6.49. The van der Waals surface area contributed by atoms with E-state index in [1.165, 1.54) is 0 Å². The van der Waals surface area contributed by atoms with Crippen molar-refractivity contribution in [2.45, 2.75) is 52.7 Å². The number of hydrogen-bond donors (Lipinski definition) is 3. The van der Waals surface area contributed by atoms with Gasteiger partial charge in [-0.25, -0.2) is 4.79 Å². The first-order valence-electron chi connectivity index (χ1n) is 7.10. The molecule has 2 atom stereocenters. The van der Waals surface area contributed by atoms with Gasteiger partial charge in [-0.05, 0) is 29.7 Å². The maximum Gasteiger partial charge on any atom is 0.315 e. The van der Waals surface area contributed by atoms with Crippen LogP contribution in [0.2, 0.25) is 0 Å². The molecule has 0 aliphatic heterocycles. The quantitative estimate of drug-likeness (QED) is 0.754. The van der Waals surface area contributed by atoms with E-state index in [0.717, 1.165) is 4.88 Å². The third kappa shape index (κ3) is 5.51. The molecule has 1 rings (SSSR count). The molecule has 2 amide bonds. The Morgan fingerprint density at radius 1 is 1.45 bits per heavy atom. The Balaban J connectivity index is 2.52. The zero-order valence-electron chi connectivity index (χ0n) is 12.8. The number of aliphatic hydroxyl groups is 1. The van der Waals surface area contributed by atoms with Gasteiger partial charge in [-0.15, -0.1) is 11.3 Å². The molecule has 0 saturated carbocycles. The second-order valence-electron chi connectivity index (χ2n) is 6.07. The van der Waals surface area contributed by atoms with Crippen molar-refractivity contribution in [3.05, 3.63) is 22.4 Å². The fraction of sp³-hybridized carbons (Fsp3) is 0.667. The van der Waals surface area contributed by atoms with Crippen LogP contribution in [0, 0.1) is 5.41 Å². The van der Waals surface area contributed by atoms with Gasteiger partial charge in [-0.1, -0.05) is 33.8 Å². The average Bonchev–Trinajstić information content (AvgIpc) is 2.87. The lowest BCUT2D eigenvalue weighted by Crippen LogP contribution is -2.43. The maximum absolute atomic E-state index is 12.0. The maximum atomic E-state index is 12.0. The summed E-state index contributed by atoms with van der Waals surface area (Å²) in [6, 6.07) is 3.85. The number of carbonyl (C=O) groups excluding carboxylic acids is 1. The molecule has 0 fully saturated rings. The van der Waals surface area contributed by atoms with E-state index in [9.17, 15) is 9.90 Å². The first-order chi connectivity index (χ1) is 9.34. The molecule has 114 valence electrons. The van der Waals surface area contributed by atoms with Crippen LogP contribution in [-0.4, -0.2) is 23.8 Å². The summed E-state index contributed by atoms with van der Waals surface area (Å²) in [6.45, 7) is 8.74. The minimum Gasteiger partial charge on any atom is -0.393 e. The van der Waals surface area contributed by atoms with E-state index < -0.39 is 0 Å². The zero-order chi connectivity index (χ0) is 15.2. The summed E-state index contributed by atoms with van der Waals surface area (Å²) in [5.74, 6) is 0. The number of aliphatic hydroxyl groups excluding tert-OH is 1. The lowest BCUT2D eigenvalue weighted by atomic mass is 9.86. The molecule has 0 aromatic carbocycles. The molecule has 0 bridgehead atoms. The van der Waals surface area contributed by atoms with Crippen molar-refractivity contribution in [3.8, 4) is 0 Å². The first kappa shape index (κ1) is 17.0. The Hall–Kier alpha value is -1.07. The summed E-state index contributed by atoms with van der Waals surface area (Å²) in [6.07, 6.45) is 0.956. The Labute approximate surface area is 125 Å². The lowest BCUT2D eigenvalue weighted by molar-refractivity contribution is 0.159. The molecule has 20 heavy (non-hydrogen) atoms. The van der Waals surface area contributed by atoms with E-state index in [1.807, 2.05) is 24.4 Å². The third-order valence-electron chi connectivity index (χ3n) is 3.20. The lowest BCUT2D eigenvalue weighted by Gasteiger charge is -2.30. The smallest absolute Gasteiger partial charge is 0.315 e. The molecule has 0 aliphatic carbocycles. The third-order valence-corrected chi connectivity index (χ3v) is 4.14. The van der Waals surface area contributed by atoms with E-state index in [0.29, 0.717) is 19.4 Å². The summed E-state index contributed by atoms with van der Waals surface area (Å²) in [5, 5.41) is 17.3. The van der Waals surface area contributed by atoms with Gasteiger partial charge in [-0.2, -0.15) is 0 Å². The van der Waals surface area contributed by atoms with E-state index in [1.54, 1.807) is 11.3 Å². The van der Waals surface area contributed by atoms with Crippen LogP contribution in [0.4, 0.5) is 4.79 Å². The standard InChI is InChI=1S/C15H26N2O2S/c1-5-11(18)8-9-16-14(19)17-13(15(2,3)4)12-7-6-10-20-12/h6-7,10-11,13,18H,5,8-9H2,1-4H3,(H2,16,17,19). The molecule has 0 radical (unpaired) electrons. The van der Waals surface area contributed by atoms with Gasteiger partial charge in [0.2, 0.25) is 0 Å². The first-order valence-corrected chi connectivity index (χ1v) is 7.98. The van der Waals surface area contributed by atoms with Crippen LogP contribution in [0.25, 0.3) is 0 Å². The Morgan fingerprint density at radius 2 is 2.15 bits per heavy atom. The van der Waals surface area contributed by atoms with E-state index in [2.05, 4.69) is 31.4 Å². The number of carbonyl (C=O) groups is 1. The molecular formula is C15H26N2O2S. The minimum absolute atomic E-state index is 0.0152. The van der Waals surface area contributed by atoms with Crippen LogP contribution in [0.15, 0.2) is 17.5 Å². The van der Waals surface area contributed by atoms with Crippen LogP contribution in [0.3, 0.4) is 0 Å². The van der Waals surface area contributed by atoms with Gasteiger partial charge in [0.1, 0.15) is 0 Å². The fourth-order valence-electron chi connectivity index (χ4n) is 1.91. The summed E-state index contributed by atoms with van der Waals surface area (Å²) < 4.78 is 0. The van der Waals surface area contributed by atoms with Crippen molar-refractivity contribution in [1.82, 2.24) is 10.6 Å². The van der Waals surface area contributed by atoms with Crippen LogP contribution in [-0.2, 0) is 0 Å². The van der Waals surface area contributed by atoms with Gasteiger partial charge < -0.3 is 15.7 Å². The second kappa shape index (κ2) is 7.64. The SMILES string of the molecule is CCC(O)CCNC(=O)NC(c1cccs1)C(C)(C)C. The molecule has 3 N–H and O–H groups in total. The van der Waals surface area contributed by atoms with Crippen LogP contribution >= 0.6 is 11.3 Å². The van der Waals surface area contributed by atoms with Gasteiger partial charge >= 0.3 is 6.03 Å². The predicted octanol–water partition coefficient (Wildman–Crippen LogP) is 3.30. The van der Waals surface area contributed by atoms with Crippen molar-refractivity contribution >= 4 is 17.4 Å². The Bertz CT molecular complexity index is 399. The summed E-state index contributed by atoms with van der Waals surface area (Å²) in [5.41, 5.74) is -0.0505. The number of urea groups is 1. The normalized spacial score (nSPS) is 14.7. The van der Waals surface area contributed by atoms with Crippen molar-refractivity contribution in [3.63, 3.8) is 0 Å². The number of hydrogen-bond acceptors (Lipinski definition) is 3. The van der Waals surface area contributed by atoms with Crippen molar-refractivity contribution in [2.75, 3.05) is 6.54 Å². The van der Waals surface area contributed by atoms with Crippen molar-refractivity contribution < 1.29 is 9.90 Å². The molecular weight excluding hydrogens is 272 g/mol. The molecule has 1 aromatic heterocycles. The highest BCUT2D eigenvalue weighted by molar-refractivity contribution is 7.10. The monoisotopic (exact) mass is 298 g/mol. The van der Waals surface area contributed by atoms with Gasteiger partial charge in [0.15, 0.2) is 0 Å². The van der Waals surface area contributed by atoms with Crippen molar-refractivity contribution in [1.29, 1.82) is 0 Å². The molecule has 0 spiro atoms. The zero-order valence-corrected chi connectivity index (χ0v) is 13.6. The van der Waals surface area contributed by atoms with Gasteiger partial charge in [0.25, 0.3) is 0 Å². The van der Waals surface area contributed by atoms with Gasteiger partial charge in [-0.3, -0.25) is 0 Å². The summed E-state index contributed by atoms with van der Waals surface area (Å²) >= 11 is 1.65. The highest BCUT2D eigenvalue weighted by Gasteiger charge is 2.28. The molecule has 2 unspecified atom stereocenters. The minimum atomic E-state index is -0.342. The largest absolute Gasteiger partial charge is 0.393 e. The van der Waals surface area contributed by atoms with Gasteiger partial charge in [0.05, 0.1) is 12.1 Å². The molecule has 5 heteroatoms. The highest BCUT2D eigenvalue weighted by atomic mass is 32.1. The van der Waals surface area contributed by atoms with E-state index >= 15 is 0 Å².